The molecule has 11 heavy (non-hydrogen) atoms. The van der Waals surface area contributed by atoms with Crippen molar-refractivity contribution < 1.29 is 5.11 Å². The van der Waals surface area contributed by atoms with Crippen molar-refractivity contribution in [2.45, 2.75) is 52.1 Å². The summed E-state index contributed by atoms with van der Waals surface area (Å²) in [6, 6.07) is 0. The zero-order valence-corrected chi connectivity index (χ0v) is 7.93. The van der Waals surface area contributed by atoms with Gasteiger partial charge in [-0.15, -0.1) is 0 Å². The van der Waals surface area contributed by atoms with E-state index in [1.165, 1.54) is 12.8 Å². The molecule has 0 heterocycles. The van der Waals surface area contributed by atoms with Crippen molar-refractivity contribution in [3.05, 3.63) is 0 Å². The zero-order chi connectivity index (χ0) is 8.48. The van der Waals surface area contributed by atoms with E-state index in [1.807, 2.05) is 6.92 Å². The molecular weight excluding hydrogens is 136 g/mol. The van der Waals surface area contributed by atoms with E-state index in [2.05, 4.69) is 13.8 Å². The summed E-state index contributed by atoms with van der Waals surface area (Å²) in [5, 5.41) is 9.79. The van der Waals surface area contributed by atoms with Crippen molar-refractivity contribution in [3.8, 4) is 0 Å². The van der Waals surface area contributed by atoms with E-state index in [0.29, 0.717) is 0 Å². The number of aliphatic hydroxyl groups is 1. The molecule has 0 saturated heterocycles. The van der Waals surface area contributed by atoms with E-state index >= 15 is 0 Å². The molecule has 0 radical (unpaired) electrons. The zero-order valence-electron chi connectivity index (χ0n) is 7.93. The molecule has 0 aliphatic heterocycles. The lowest BCUT2D eigenvalue weighted by Gasteiger charge is -2.35. The van der Waals surface area contributed by atoms with Crippen molar-refractivity contribution in [3.63, 3.8) is 0 Å². The van der Waals surface area contributed by atoms with Crippen molar-refractivity contribution in [1.29, 1.82) is 0 Å². The lowest BCUT2D eigenvalue weighted by molar-refractivity contribution is -0.00807. The minimum Gasteiger partial charge on any atom is -0.390 e. The first kappa shape index (κ1) is 9.05. The third-order valence-electron chi connectivity index (χ3n) is 2.94. The number of hydrogen-bond acceptors (Lipinski definition) is 1. The maximum atomic E-state index is 9.79. The van der Waals surface area contributed by atoms with E-state index in [0.717, 1.165) is 24.7 Å². The van der Waals surface area contributed by atoms with Crippen molar-refractivity contribution >= 4 is 0 Å². The second kappa shape index (κ2) is 3.14. The molecule has 1 fully saturated rings. The van der Waals surface area contributed by atoms with E-state index in [-0.39, 0.29) is 5.60 Å². The van der Waals surface area contributed by atoms with Crippen LogP contribution in [0, 0.1) is 11.8 Å². The number of rotatable bonds is 1. The maximum absolute atomic E-state index is 9.79. The lowest BCUT2D eigenvalue weighted by atomic mass is 9.74. The third-order valence-corrected chi connectivity index (χ3v) is 2.94. The highest BCUT2D eigenvalue weighted by Crippen LogP contribution is 2.35. The summed E-state index contributed by atoms with van der Waals surface area (Å²) in [6.07, 6.45) is 4.52. The van der Waals surface area contributed by atoms with Crippen LogP contribution in [0.1, 0.15) is 46.5 Å². The van der Waals surface area contributed by atoms with Crippen molar-refractivity contribution in [1.82, 2.24) is 0 Å². The van der Waals surface area contributed by atoms with Gasteiger partial charge in [0.05, 0.1) is 5.60 Å². The van der Waals surface area contributed by atoms with Gasteiger partial charge in [-0.05, 0) is 38.0 Å². The van der Waals surface area contributed by atoms with Crippen LogP contribution in [0.3, 0.4) is 0 Å². The highest BCUT2D eigenvalue weighted by Gasteiger charge is 2.30. The predicted octanol–water partition coefficient (Wildman–Crippen LogP) is 2.58. The molecule has 0 spiro atoms. The van der Waals surface area contributed by atoms with Gasteiger partial charge >= 0.3 is 0 Å². The Morgan fingerprint density at radius 3 is 2.45 bits per heavy atom. The maximum Gasteiger partial charge on any atom is 0.0622 e. The van der Waals surface area contributed by atoms with Crippen LogP contribution in [0.25, 0.3) is 0 Å². The van der Waals surface area contributed by atoms with Gasteiger partial charge in [0, 0.05) is 0 Å². The van der Waals surface area contributed by atoms with Crippen LogP contribution in [-0.4, -0.2) is 10.7 Å². The van der Waals surface area contributed by atoms with Gasteiger partial charge in [0.2, 0.25) is 0 Å². The lowest BCUT2D eigenvalue weighted by Crippen LogP contribution is -2.33. The first-order chi connectivity index (χ1) is 5.01. The van der Waals surface area contributed by atoms with Crippen LogP contribution in [0.4, 0.5) is 0 Å². The van der Waals surface area contributed by atoms with Crippen LogP contribution < -0.4 is 0 Å². The molecular formula is C10H20O. The fraction of sp³-hybridized carbons (Fsp3) is 1.00. The molecule has 1 aliphatic carbocycles. The molecule has 1 saturated carbocycles. The van der Waals surface area contributed by atoms with Gasteiger partial charge in [-0.1, -0.05) is 20.3 Å². The molecule has 66 valence electrons. The standard InChI is InChI=1S/C10H20O/c1-8(2)9-5-4-6-10(3,11)7-9/h8-9,11H,4-7H2,1-3H3/t9-,10+/m1/s1. The van der Waals surface area contributed by atoms with E-state index in [9.17, 15) is 5.11 Å². The summed E-state index contributed by atoms with van der Waals surface area (Å²) in [5.41, 5.74) is -0.368. The Kier molecular flexibility index (Phi) is 2.58. The fourth-order valence-electron chi connectivity index (χ4n) is 2.08. The minimum atomic E-state index is -0.368. The van der Waals surface area contributed by atoms with Crippen molar-refractivity contribution in [2.24, 2.45) is 11.8 Å². The SMILES string of the molecule is CC(C)[C@@H]1CCC[C@](C)(O)C1. The van der Waals surface area contributed by atoms with E-state index < -0.39 is 0 Å². The Labute approximate surface area is 69.8 Å². The van der Waals surface area contributed by atoms with Crippen LogP contribution in [0.15, 0.2) is 0 Å². The molecule has 0 aromatic rings. The molecule has 0 amide bonds. The summed E-state index contributed by atoms with van der Waals surface area (Å²) in [5.74, 6) is 1.49. The van der Waals surface area contributed by atoms with Crippen LogP contribution in [0.2, 0.25) is 0 Å². The Hall–Kier alpha value is -0.0400. The summed E-state index contributed by atoms with van der Waals surface area (Å²) >= 11 is 0. The molecule has 1 heteroatoms. The summed E-state index contributed by atoms with van der Waals surface area (Å²) < 4.78 is 0. The Morgan fingerprint density at radius 1 is 1.45 bits per heavy atom. The highest BCUT2D eigenvalue weighted by molar-refractivity contribution is 4.83. The van der Waals surface area contributed by atoms with Crippen molar-refractivity contribution in [2.75, 3.05) is 0 Å². The summed E-state index contributed by atoms with van der Waals surface area (Å²) in [6.45, 7) is 6.49. The fourth-order valence-corrected chi connectivity index (χ4v) is 2.08. The molecule has 1 nitrogen and oxygen atoms in total. The normalized spacial score (nSPS) is 39.5. The first-order valence-electron chi connectivity index (χ1n) is 4.74. The quantitative estimate of drug-likeness (QED) is 0.618. The molecule has 0 unspecified atom stereocenters. The molecule has 0 bridgehead atoms. The monoisotopic (exact) mass is 156 g/mol. The third kappa shape index (κ3) is 2.48. The number of hydrogen-bond donors (Lipinski definition) is 1. The average molecular weight is 156 g/mol. The van der Waals surface area contributed by atoms with Gasteiger partial charge in [-0.3, -0.25) is 0 Å². The second-order valence-corrected chi connectivity index (χ2v) is 4.60. The van der Waals surface area contributed by atoms with Crippen LogP contribution >= 0.6 is 0 Å². The molecule has 1 rings (SSSR count). The van der Waals surface area contributed by atoms with Crippen LogP contribution in [0.5, 0.6) is 0 Å². The summed E-state index contributed by atoms with van der Waals surface area (Å²) in [7, 11) is 0. The van der Waals surface area contributed by atoms with Crippen LogP contribution in [-0.2, 0) is 0 Å². The summed E-state index contributed by atoms with van der Waals surface area (Å²) in [4.78, 5) is 0. The first-order valence-corrected chi connectivity index (χ1v) is 4.74. The second-order valence-electron chi connectivity index (χ2n) is 4.60. The molecule has 0 aromatic carbocycles. The highest BCUT2D eigenvalue weighted by atomic mass is 16.3. The minimum absolute atomic E-state index is 0.368. The van der Waals surface area contributed by atoms with Gasteiger partial charge in [-0.2, -0.15) is 0 Å². The molecule has 0 aromatic heterocycles. The Morgan fingerprint density at radius 2 is 2.09 bits per heavy atom. The smallest absolute Gasteiger partial charge is 0.0622 e. The predicted molar refractivity (Wildman–Crippen MR) is 47.4 cm³/mol. The molecule has 2 atom stereocenters. The van der Waals surface area contributed by atoms with Gasteiger partial charge in [0.1, 0.15) is 0 Å². The topological polar surface area (TPSA) is 20.2 Å². The Bertz CT molecular complexity index is 127. The van der Waals surface area contributed by atoms with E-state index in [1.54, 1.807) is 0 Å². The molecule has 1 aliphatic rings. The Balaban J connectivity index is 2.46. The largest absolute Gasteiger partial charge is 0.390 e. The van der Waals surface area contributed by atoms with E-state index in [4.69, 9.17) is 0 Å². The van der Waals surface area contributed by atoms with Gasteiger partial charge in [0.25, 0.3) is 0 Å². The van der Waals surface area contributed by atoms with Gasteiger partial charge in [0.15, 0.2) is 0 Å². The van der Waals surface area contributed by atoms with Gasteiger partial charge in [-0.25, -0.2) is 0 Å². The average Bonchev–Trinajstić information content (AvgIpc) is 1.85. The van der Waals surface area contributed by atoms with Gasteiger partial charge < -0.3 is 5.11 Å². The molecule has 1 N–H and O–H groups in total.